The van der Waals surface area contributed by atoms with Gasteiger partial charge in [-0.05, 0) is 17.7 Å². The number of aliphatic hydroxyl groups is 1. The van der Waals surface area contributed by atoms with E-state index in [9.17, 15) is 19.7 Å². The van der Waals surface area contributed by atoms with Gasteiger partial charge in [-0.3, -0.25) is 19.7 Å². The molecule has 0 bridgehead atoms. The Kier molecular flexibility index (Phi) is 9.03. The van der Waals surface area contributed by atoms with Crippen LogP contribution in [-0.4, -0.2) is 36.8 Å². The molecule has 0 unspecified atom stereocenters. The molecule has 7 heteroatoms. The van der Waals surface area contributed by atoms with Crippen molar-refractivity contribution >= 4 is 12.6 Å². The average Bonchev–Trinajstić information content (AvgIpc) is 3.18. The van der Waals surface area contributed by atoms with Gasteiger partial charge in [-0.2, -0.15) is 0 Å². The largest absolute Gasteiger partial charge is 0.501 e. The molecule has 0 atom stereocenters. The first-order valence-corrected chi connectivity index (χ1v) is 5.93. The van der Waals surface area contributed by atoms with Crippen molar-refractivity contribution in [3.05, 3.63) is 57.0 Å². The maximum atomic E-state index is 10.1. The van der Waals surface area contributed by atoms with E-state index < -0.39 is 4.92 Å². The van der Waals surface area contributed by atoms with Crippen LogP contribution in [0.2, 0.25) is 0 Å². The molecular formula is C14H17NO6. The van der Waals surface area contributed by atoms with Crippen molar-refractivity contribution in [2.45, 2.75) is 12.8 Å². The highest BCUT2D eigenvalue weighted by Crippen LogP contribution is 2.17. The summed E-state index contributed by atoms with van der Waals surface area (Å²) in [5, 5.41) is 17.1. The molecule has 2 rings (SSSR count). The lowest BCUT2D eigenvalue weighted by Crippen LogP contribution is -1.96. The molecule has 0 aromatic carbocycles. The van der Waals surface area contributed by atoms with Crippen molar-refractivity contribution in [1.82, 2.24) is 0 Å². The lowest BCUT2D eigenvalue weighted by atomic mass is 10.2. The van der Waals surface area contributed by atoms with Crippen molar-refractivity contribution in [2.75, 3.05) is 14.2 Å². The lowest BCUT2D eigenvalue weighted by molar-refractivity contribution is -0.426. The number of carbonyl (C=O) groups is 2. The Bertz CT molecular complexity index is 514. The Labute approximate surface area is 122 Å². The third kappa shape index (κ3) is 6.44. The molecule has 114 valence electrons. The topological polar surface area (TPSA) is 107 Å². The number of nitro groups is 1. The molecule has 0 heterocycles. The van der Waals surface area contributed by atoms with E-state index in [1.54, 1.807) is 13.2 Å². The van der Waals surface area contributed by atoms with Crippen LogP contribution in [0.3, 0.4) is 0 Å². The summed E-state index contributed by atoms with van der Waals surface area (Å²) in [6.07, 6.45) is 8.69. The molecule has 2 aliphatic rings. The number of aliphatic hydroxyl groups excluding tert-OH is 1. The van der Waals surface area contributed by atoms with Gasteiger partial charge in [0.1, 0.15) is 18.3 Å². The summed E-state index contributed by atoms with van der Waals surface area (Å²) in [4.78, 5) is 29.7. The molecule has 0 saturated heterocycles. The van der Waals surface area contributed by atoms with Gasteiger partial charge in [0.15, 0.2) is 0 Å². The zero-order valence-electron chi connectivity index (χ0n) is 11.8. The predicted molar refractivity (Wildman–Crippen MR) is 75.8 cm³/mol. The Hall–Kier alpha value is -2.54. The number of hydrogen-bond donors (Lipinski definition) is 1. The second-order valence-corrected chi connectivity index (χ2v) is 3.82. The van der Waals surface area contributed by atoms with E-state index in [1.165, 1.54) is 12.2 Å². The van der Waals surface area contributed by atoms with Crippen molar-refractivity contribution in [3.63, 3.8) is 0 Å². The second-order valence-electron chi connectivity index (χ2n) is 3.82. The Morgan fingerprint density at radius 3 is 1.90 bits per heavy atom. The smallest absolute Gasteiger partial charge is 0.250 e. The number of nitrogens with zero attached hydrogens (tertiary/aromatic N) is 1. The van der Waals surface area contributed by atoms with E-state index in [2.05, 4.69) is 0 Å². The van der Waals surface area contributed by atoms with Gasteiger partial charge in [0, 0.05) is 25.2 Å². The van der Waals surface area contributed by atoms with Gasteiger partial charge in [-0.15, -0.1) is 0 Å². The zero-order valence-corrected chi connectivity index (χ0v) is 11.8. The number of hydrogen-bond acceptors (Lipinski definition) is 6. The summed E-state index contributed by atoms with van der Waals surface area (Å²) in [5.74, 6) is 0.858. The Balaban J connectivity index is 0.000000342. The fourth-order valence-corrected chi connectivity index (χ4v) is 1.48. The minimum Gasteiger partial charge on any atom is -0.501 e. The summed E-state index contributed by atoms with van der Waals surface area (Å²) < 4.78 is 4.89. The molecule has 7 nitrogen and oxygen atoms in total. The molecule has 0 aromatic heterocycles. The van der Waals surface area contributed by atoms with Crippen LogP contribution < -0.4 is 0 Å². The van der Waals surface area contributed by atoms with Crippen LogP contribution in [0, 0.1) is 10.1 Å². The number of allylic oxidation sites excluding steroid dienone is 6. The highest BCUT2D eigenvalue weighted by atomic mass is 16.6. The van der Waals surface area contributed by atoms with Crippen LogP contribution in [0.15, 0.2) is 46.9 Å². The Morgan fingerprint density at radius 2 is 1.62 bits per heavy atom. The number of aldehydes is 2. The minimum absolute atomic E-state index is 0.0853. The molecule has 0 aliphatic heterocycles. The first-order valence-electron chi connectivity index (χ1n) is 5.93. The standard InChI is InChI=1S/C7H8O2.C6H5NO3.CH4O/c1-9-7-3-2-6(4-7)5-8;8-4-5-1-2-6(3-5)7(9)10;1-2/h2-3,5H,4H2,1H3;1-2,4H,3H2;2H,1H3. The van der Waals surface area contributed by atoms with Crippen LogP contribution >= 0.6 is 0 Å². The van der Waals surface area contributed by atoms with Crippen molar-refractivity contribution < 1.29 is 24.4 Å². The SMILES string of the molecule is CO.COC1=CC=C(C=O)C1.O=CC1=CC=C([N+](=O)[O-])C1. The molecule has 0 amide bonds. The van der Waals surface area contributed by atoms with Crippen molar-refractivity contribution in [2.24, 2.45) is 0 Å². The molecule has 0 radical (unpaired) electrons. The first kappa shape index (κ1) is 18.5. The molecule has 0 saturated carbocycles. The maximum Gasteiger partial charge on any atom is 0.250 e. The summed E-state index contributed by atoms with van der Waals surface area (Å²) in [7, 11) is 2.60. The van der Waals surface area contributed by atoms with Crippen LogP contribution in [0.25, 0.3) is 0 Å². The fraction of sp³-hybridized carbons (Fsp3) is 0.286. The molecular weight excluding hydrogens is 278 g/mol. The zero-order chi connectivity index (χ0) is 16.3. The summed E-state index contributed by atoms with van der Waals surface area (Å²) in [5.41, 5.74) is 1.33. The minimum atomic E-state index is -0.479. The van der Waals surface area contributed by atoms with Gasteiger partial charge in [0.05, 0.1) is 18.5 Å². The molecule has 0 aromatic rings. The van der Waals surface area contributed by atoms with Gasteiger partial charge in [0.25, 0.3) is 5.70 Å². The number of rotatable bonds is 4. The van der Waals surface area contributed by atoms with E-state index in [4.69, 9.17) is 9.84 Å². The molecule has 21 heavy (non-hydrogen) atoms. The lowest BCUT2D eigenvalue weighted by Gasteiger charge is -1.96. The quantitative estimate of drug-likeness (QED) is 0.476. The van der Waals surface area contributed by atoms with Crippen molar-refractivity contribution in [3.8, 4) is 0 Å². The molecule has 0 fully saturated rings. The highest BCUT2D eigenvalue weighted by molar-refractivity contribution is 5.76. The number of ether oxygens (including phenoxy) is 1. The third-order valence-corrected chi connectivity index (χ3v) is 2.54. The highest BCUT2D eigenvalue weighted by Gasteiger charge is 2.16. The second kappa shape index (κ2) is 10.3. The molecule has 0 spiro atoms. The van der Waals surface area contributed by atoms with E-state index in [-0.39, 0.29) is 12.1 Å². The van der Waals surface area contributed by atoms with Gasteiger partial charge < -0.3 is 9.84 Å². The van der Waals surface area contributed by atoms with Crippen LogP contribution in [0.4, 0.5) is 0 Å². The normalized spacial score (nSPS) is 15.0. The maximum absolute atomic E-state index is 10.1. The van der Waals surface area contributed by atoms with E-state index in [1.807, 2.05) is 6.08 Å². The van der Waals surface area contributed by atoms with Crippen LogP contribution in [0.5, 0.6) is 0 Å². The summed E-state index contributed by atoms with van der Waals surface area (Å²) in [6, 6.07) is 0. The van der Waals surface area contributed by atoms with E-state index in [0.29, 0.717) is 18.3 Å². The average molecular weight is 295 g/mol. The van der Waals surface area contributed by atoms with Gasteiger partial charge in [0.2, 0.25) is 0 Å². The summed E-state index contributed by atoms with van der Waals surface area (Å²) in [6.45, 7) is 0. The Morgan fingerprint density at radius 1 is 1.10 bits per heavy atom. The van der Waals surface area contributed by atoms with Gasteiger partial charge in [-0.1, -0.05) is 6.08 Å². The van der Waals surface area contributed by atoms with E-state index >= 15 is 0 Å². The van der Waals surface area contributed by atoms with Crippen LogP contribution in [0.1, 0.15) is 12.8 Å². The molecule has 2 aliphatic carbocycles. The third-order valence-electron chi connectivity index (χ3n) is 2.54. The first-order chi connectivity index (χ1) is 10.1. The summed E-state index contributed by atoms with van der Waals surface area (Å²) >= 11 is 0. The molecule has 1 N–H and O–H groups in total. The van der Waals surface area contributed by atoms with Crippen molar-refractivity contribution in [1.29, 1.82) is 0 Å². The fourth-order valence-electron chi connectivity index (χ4n) is 1.48. The monoisotopic (exact) mass is 295 g/mol. The van der Waals surface area contributed by atoms with Crippen LogP contribution in [-0.2, 0) is 14.3 Å². The predicted octanol–water partition coefficient (Wildman–Crippen LogP) is 1.33. The number of carbonyl (C=O) groups excluding carboxylic acids is 2. The number of methoxy groups -OCH3 is 1. The van der Waals surface area contributed by atoms with Gasteiger partial charge in [-0.25, -0.2) is 0 Å². The van der Waals surface area contributed by atoms with E-state index in [0.717, 1.165) is 24.7 Å². The van der Waals surface area contributed by atoms with Gasteiger partial charge >= 0.3 is 0 Å².